The van der Waals surface area contributed by atoms with Crippen LogP contribution in [0.3, 0.4) is 0 Å². The summed E-state index contributed by atoms with van der Waals surface area (Å²) in [4.78, 5) is 7.99. The van der Waals surface area contributed by atoms with E-state index >= 15 is 0 Å². The first kappa shape index (κ1) is 17.0. The zero-order valence-corrected chi connectivity index (χ0v) is 14.3. The minimum absolute atomic E-state index is 0.00550. The van der Waals surface area contributed by atoms with E-state index < -0.39 is 10.0 Å². The molecule has 8 heteroatoms. The molecule has 0 aliphatic carbocycles. The first-order chi connectivity index (χ1) is 10.8. The number of ether oxygens (including phenoxy) is 1. The van der Waals surface area contributed by atoms with Gasteiger partial charge in [0.1, 0.15) is 5.69 Å². The highest BCUT2D eigenvalue weighted by Gasteiger charge is 2.24. The molecule has 0 aliphatic rings. The van der Waals surface area contributed by atoms with Crippen LogP contribution < -0.4 is 0 Å². The van der Waals surface area contributed by atoms with Gasteiger partial charge in [0.2, 0.25) is 10.9 Å². The van der Waals surface area contributed by atoms with E-state index in [4.69, 9.17) is 17.0 Å². The van der Waals surface area contributed by atoms with E-state index in [0.29, 0.717) is 5.69 Å². The molecular weight excluding hydrogens is 334 g/mol. The molecule has 1 heterocycles. The van der Waals surface area contributed by atoms with Gasteiger partial charge in [-0.15, -0.1) is 0 Å². The van der Waals surface area contributed by atoms with Gasteiger partial charge in [-0.05, 0) is 37.9 Å². The molecule has 1 aromatic heterocycles. The maximum absolute atomic E-state index is 12.5. The highest BCUT2D eigenvalue weighted by Crippen LogP contribution is 2.19. The van der Waals surface area contributed by atoms with Crippen LogP contribution in [0.2, 0.25) is 0 Å². The molecule has 0 aliphatic heterocycles. The highest BCUT2D eigenvalue weighted by atomic mass is 32.2. The fraction of sp³-hybridized carbons (Fsp3) is 0.133. The maximum Gasteiger partial charge on any atom is 0.266 e. The second-order valence-electron chi connectivity index (χ2n) is 4.66. The number of thiocarbonyl (C=S) groups is 1. The Morgan fingerprint density at radius 2 is 1.91 bits per heavy atom. The van der Waals surface area contributed by atoms with Crippen molar-refractivity contribution in [1.82, 2.24) is 14.3 Å². The van der Waals surface area contributed by atoms with Crippen LogP contribution in [0.25, 0.3) is 0 Å². The van der Waals surface area contributed by atoms with Gasteiger partial charge in [-0.3, -0.25) is 4.98 Å². The Hall–Kier alpha value is -2.32. The molecule has 0 N–H and O–H groups in total. The molecule has 23 heavy (non-hydrogen) atoms. The molecule has 120 valence electrons. The topological polar surface area (TPSA) is 72.4 Å². The number of nitrogens with zero attached hydrogens (tertiary/aromatic N) is 3. The molecule has 0 amide bonds. The summed E-state index contributed by atoms with van der Waals surface area (Å²) in [6, 6.07) is 6.48. The molecule has 2 rings (SSSR count). The Labute approximate surface area is 140 Å². The van der Waals surface area contributed by atoms with E-state index in [0.717, 1.165) is 9.87 Å². The van der Waals surface area contributed by atoms with Crippen molar-refractivity contribution in [3.05, 3.63) is 66.6 Å². The summed E-state index contributed by atoms with van der Waals surface area (Å²) in [6.45, 7) is 5.49. The normalized spacial score (nSPS) is 10.9. The molecule has 0 saturated heterocycles. The lowest BCUT2D eigenvalue weighted by atomic mass is 10.2. The summed E-state index contributed by atoms with van der Waals surface area (Å²) >= 11 is 5.07. The zero-order valence-electron chi connectivity index (χ0n) is 12.6. The number of sulfonamides is 1. The first-order valence-corrected chi connectivity index (χ1v) is 8.40. The van der Waals surface area contributed by atoms with E-state index in [2.05, 4.69) is 16.5 Å². The summed E-state index contributed by atoms with van der Waals surface area (Å²) in [6.07, 6.45) is 4.37. The summed E-state index contributed by atoms with van der Waals surface area (Å²) in [7, 11) is -2.43. The number of rotatable bonds is 5. The van der Waals surface area contributed by atoms with Gasteiger partial charge >= 0.3 is 0 Å². The van der Waals surface area contributed by atoms with Crippen LogP contribution in [0.15, 0.2) is 60.2 Å². The van der Waals surface area contributed by atoms with Gasteiger partial charge in [0.15, 0.2) is 0 Å². The molecule has 2 aromatic rings. The summed E-state index contributed by atoms with van der Waals surface area (Å²) in [5.41, 5.74) is 1.29. The largest absolute Gasteiger partial charge is 0.427 e. The van der Waals surface area contributed by atoms with E-state index in [1.807, 2.05) is 6.92 Å². The van der Waals surface area contributed by atoms with Gasteiger partial charge < -0.3 is 4.74 Å². The van der Waals surface area contributed by atoms with E-state index in [-0.39, 0.29) is 15.8 Å². The maximum atomic E-state index is 12.5. The minimum Gasteiger partial charge on any atom is -0.427 e. The van der Waals surface area contributed by atoms with Crippen molar-refractivity contribution in [3.63, 3.8) is 0 Å². The number of aromatic nitrogens is 2. The molecule has 0 radical (unpaired) electrons. The second-order valence-corrected chi connectivity index (χ2v) is 7.00. The van der Waals surface area contributed by atoms with E-state index in [1.165, 1.54) is 37.8 Å². The third-order valence-corrected chi connectivity index (χ3v) is 5.10. The van der Waals surface area contributed by atoms with Crippen molar-refractivity contribution in [2.45, 2.75) is 11.8 Å². The standard InChI is InChI=1S/C15H15N3O3S2/c1-11-4-6-13(7-5-11)23(19,20)18(3)12(2)21-15(22)14-10-16-8-9-17-14/h4-10H,2H2,1,3H3. The van der Waals surface area contributed by atoms with Gasteiger partial charge in [0.25, 0.3) is 10.0 Å². The van der Waals surface area contributed by atoms with Crippen LogP contribution in [0.5, 0.6) is 0 Å². The summed E-state index contributed by atoms with van der Waals surface area (Å²) < 4.78 is 31.3. The van der Waals surface area contributed by atoms with Crippen LogP contribution in [0.1, 0.15) is 11.3 Å². The fourth-order valence-corrected chi connectivity index (χ4v) is 2.93. The van der Waals surface area contributed by atoms with Crippen LogP contribution >= 0.6 is 12.2 Å². The lowest BCUT2D eigenvalue weighted by molar-refractivity contribution is 0.322. The molecule has 6 nitrogen and oxygen atoms in total. The Balaban J connectivity index is 2.16. The van der Waals surface area contributed by atoms with Gasteiger partial charge in [0.05, 0.1) is 11.1 Å². The van der Waals surface area contributed by atoms with Crippen molar-refractivity contribution in [1.29, 1.82) is 0 Å². The van der Waals surface area contributed by atoms with Crippen molar-refractivity contribution in [2.24, 2.45) is 0 Å². The van der Waals surface area contributed by atoms with Crippen LogP contribution in [0.4, 0.5) is 0 Å². The second kappa shape index (κ2) is 6.84. The third kappa shape index (κ3) is 3.91. The lowest BCUT2D eigenvalue weighted by Gasteiger charge is -2.21. The van der Waals surface area contributed by atoms with Gasteiger partial charge in [0, 0.05) is 19.4 Å². The number of hydrogen-bond donors (Lipinski definition) is 0. The van der Waals surface area contributed by atoms with Gasteiger partial charge in [-0.2, -0.15) is 0 Å². The average Bonchev–Trinajstić information content (AvgIpc) is 2.55. The summed E-state index contributed by atoms with van der Waals surface area (Å²) in [5, 5.41) is -0.00550. The Morgan fingerprint density at radius 1 is 1.26 bits per heavy atom. The molecule has 1 aromatic carbocycles. The van der Waals surface area contributed by atoms with Crippen molar-refractivity contribution >= 4 is 27.3 Å². The average molecular weight is 349 g/mol. The molecule has 0 bridgehead atoms. The lowest BCUT2D eigenvalue weighted by Crippen LogP contribution is -2.28. The monoisotopic (exact) mass is 349 g/mol. The number of hydrogen-bond acceptors (Lipinski definition) is 6. The van der Waals surface area contributed by atoms with Crippen molar-refractivity contribution < 1.29 is 13.2 Å². The SMILES string of the molecule is C=C(OC(=S)c1cnccn1)N(C)S(=O)(=O)c1ccc(C)cc1. The van der Waals surface area contributed by atoms with E-state index in [9.17, 15) is 8.42 Å². The van der Waals surface area contributed by atoms with Gasteiger partial charge in [-0.1, -0.05) is 17.7 Å². The first-order valence-electron chi connectivity index (χ1n) is 6.55. The number of aryl methyl sites for hydroxylation is 1. The zero-order chi connectivity index (χ0) is 17.0. The Morgan fingerprint density at radius 3 is 2.48 bits per heavy atom. The third-order valence-electron chi connectivity index (χ3n) is 3.01. The molecule has 0 saturated carbocycles. The minimum atomic E-state index is -3.77. The predicted octanol–water partition coefficient (Wildman–Crippen LogP) is 2.27. The molecule has 0 spiro atoms. The quantitative estimate of drug-likeness (QED) is 0.609. The van der Waals surface area contributed by atoms with Crippen molar-refractivity contribution in [2.75, 3.05) is 7.05 Å². The van der Waals surface area contributed by atoms with E-state index in [1.54, 1.807) is 12.1 Å². The van der Waals surface area contributed by atoms with Gasteiger partial charge in [-0.25, -0.2) is 17.7 Å². The fourth-order valence-electron chi connectivity index (χ4n) is 1.63. The highest BCUT2D eigenvalue weighted by molar-refractivity contribution is 7.89. The van der Waals surface area contributed by atoms with Crippen LogP contribution in [0, 0.1) is 6.92 Å². The number of benzene rings is 1. The summed E-state index contributed by atoms with van der Waals surface area (Å²) in [5.74, 6) is -0.124. The van der Waals surface area contributed by atoms with Crippen molar-refractivity contribution in [3.8, 4) is 0 Å². The molecule has 0 atom stereocenters. The predicted molar refractivity (Wildman–Crippen MR) is 90.1 cm³/mol. The Kier molecular flexibility index (Phi) is 5.07. The Bertz CT molecular complexity index is 819. The van der Waals surface area contributed by atoms with Crippen LogP contribution in [-0.2, 0) is 14.8 Å². The molecule has 0 fully saturated rings. The van der Waals surface area contributed by atoms with Crippen LogP contribution in [-0.4, -0.2) is 34.8 Å². The molecular formula is C15H15N3O3S2. The smallest absolute Gasteiger partial charge is 0.266 e. The molecule has 0 unspecified atom stereocenters.